The fourth-order valence-corrected chi connectivity index (χ4v) is 1.97. The van der Waals surface area contributed by atoms with Crippen LogP contribution in [0.15, 0.2) is 12.4 Å². The van der Waals surface area contributed by atoms with Gasteiger partial charge in [0.25, 0.3) is 0 Å². The van der Waals surface area contributed by atoms with Crippen LogP contribution in [0.2, 0.25) is 0 Å². The van der Waals surface area contributed by atoms with Crippen LogP contribution in [-0.2, 0) is 10.3 Å². The second kappa shape index (κ2) is 4.55. The molecule has 0 aliphatic carbocycles. The molecule has 0 spiro atoms. The third-order valence-corrected chi connectivity index (χ3v) is 3.20. The summed E-state index contributed by atoms with van der Waals surface area (Å²) in [6.45, 7) is 3.61. The molecule has 0 unspecified atom stereocenters. The Balaban J connectivity index is 2.57. The quantitative estimate of drug-likeness (QED) is 0.806. The van der Waals surface area contributed by atoms with Gasteiger partial charge in [-0.25, -0.2) is 9.48 Å². The van der Waals surface area contributed by atoms with Gasteiger partial charge >= 0.3 is 5.97 Å². The molecule has 2 heterocycles. The van der Waals surface area contributed by atoms with E-state index >= 15 is 0 Å². The Kier molecular flexibility index (Phi) is 3.09. The number of H-pyrrole nitrogens is 1. The van der Waals surface area contributed by atoms with Crippen molar-refractivity contribution in [3.63, 3.8) is 0 Å². The van der Waals surface area contributed by atoms with E-state index in [0.717, 1.165) is 0 Å². The first-order valence-corrected chi connectivity index (χ1v) is 5.67. The molecule has 0 amide bonds. The first-order chi connectivity index (χ1) is 8.65. The Morgan fingerprint density at radius 3 is 2.72 bits per heavy atom. The lowest BCUT2D eigenvalue weighted by atomic mass is 9.93. The molecule has 18 heavy (non-hydrogen) atoms. The topological polar surface area (TPSA) is 110 Å². The van der Waals surface area contributed by atoms with Gasteiger partial charge in [-0.1, -0.05) is 13.8 Å². The number of carbonyl (C=O) groups is 1. The van der Waals surface area contributed by atoms with Crippen molar-refractivity contribution in [3.8, 4) is 11.4 Å². The van der Waals surface area contributed by atoms with Crippen LogP contribution in [0, 0.1) is 0 Å². The lowest BCUT2D eigenvalue weighted by molar-refractivity contribution is -0.148. The maximum absolute atomic E-state index is 11.6. The molecule has 96 valence electrons. The molecule has 2 rings (SSSR count). The van der Waals surface area contributed by atoms with E-state index in [-0.39, 0.29) is 0 Å². The normalized spacial score (nSPS) is 11.7. The van der Waals surface area contributed by atoms with Crippen molar-refractivity contribution < 1.29 is 9.90 Å². The smallest absolute Gasteiger partial charge is 0.331 e. The van der Waals surface area contributed by atoms with E-state index in [4.69, 9.17) is 0 Å². The van der Waals surface area contributed by atoms with Gasteiger partial charge < -0.3 is 5.11 Å². The third-order valence-electron chi connectivity index (χ3n) is 3.20. The van der Waals surface area contributed by atoms with Crippen LogP contribution < -0.4 is 0 Å². The number of tetrazole rings is 1. The molecule has 8 nitrogen and oxygen atoms in total. The van der Waals surface area contributed by atoms with E-state index in [9.17, 15) is 9.90 Å². The number of aromatic nitrogens is 6. The molecule has 0 saturated heterocycles. The van der Waals surface area contributed by atoms with Gasteiger partial charge in [0.1, 0.15) is 0 Å². The van der Waals surface area contributed by atoms with E-state index in [1.165, 1.54) is 4.68 Å². The fourth-order valence-electron chi connectivity index (χ4n) is 1.97. The second-order valence-electron chi connectivity index (χ2n) is 3.95. The number of nitrogens with zero attached hydrogens (tertiary/aromatic N) is 5. The molecule has 0 aliphatic rings. The summed E-state index contributed by atoms with van der Waals surface area (Å²) in [7, 11) is 0. The highest BCUT2D eigenvalue weighted by molar-refractivity contribution is 5.77. The highest BCUT2D eigenvalue weighted by Crippen LogP contribution is 2.28. The maximum atomic E-state index is 11.6. The Bertz CT molecular complexity index is 528. The van der Waals surface area contributed by atoms with Gasteiger partial charge in [-0.15, -0.1) is 5.10 Å². The van der Waals surface area contributed by atoms with Crippen LogP contribution in [0.25, 0.3) is 11.4 Å². The van der Waals surface area contributed by atoms with Crippen LogP contribution in [0.5, 0.6) is 0 Å². The van der Waals surface area contributed by atoms with Crippen LogP contribution in [-0.4, -0.2) is 41.5 Å². The van der Waals surface area contributed by atoms with Crippen molar-refractivity contribution >= 4 is 5.97 Å². The summed E-state index contributed by atoms with van der Waals surface area (Å²) in [6.07, 6.45) is 3.98. The molecular formula is C10H14N6O2. The van der Waals surface area contributed by atoms with Crippen LogP contribution in [0.1, 0.15) is 26.7 Å². The van der Waals surface area contributed by atoms with Gasteiger partial charge in [-0.2, -0.15) is 5.10 Å². The average molecular weight is 250 g/mol. The molecule has 0 radical (unpaired) electrons. The molecule has 0 fully saturated rings. The molecule has 2 aromatic rings. The van der Waals surface area contributed by atoms with Crippen LogP contribution >= 0.6 is 0 Å². The first kappa shape index (κ1) is 12.2. The number of carboxylic acid groups (broad SMARTS) is 1. The molecule has 2 N–H and O–H groups in total. The third kappa shape index (κ3) is 1.66. The summed E-state index contributed by atoms with van der Waals surface area (Å²) in [5.41, 5.74) is -0.469. The number of nitrogens with one attached hydrogen (secondary N) is 1. The van der Waals surface area contributed by atoms with Crippen molar-refractivity contribution in [3.05, 3.63) is 12.4 Å². The standard InChI is InChI=1S/C10H14N6O2/c1-3-10(4-2,9(17)18)16-8(13-14-15-16)7-5-11-12-6-7/h5-6H,3-4H2,1-2H3,(H,11,12)(H,17,18). The lowest BCUT2D eigenvalue weighted by Crippen LogP contribution is -2.42. The number of hydrogen-bond acceptors (Lipinski definition) is 5. The van der Waals surface area contributed by atoms with Crippen molar-refractivity contribution in [2.45, 2.75) is 32.2 Å². The van der Waals surface area contributed by atoms with E-state index in [1.807, 2.05) is 0 Å². The summed E-state index contributed by atoms with van der Waals surface area (Å²) < 4.78 is 1.36. The molecule has 0 aliphatic heterocycles. The second-order valence-corrected chi connectivity index (χ2v) is 3.95. The van der Waals surface area contributed by atoms with Gasteiger partial charge in [0.15, 0.2) is 11.4 Å². The summed E-state index contributed by atoms with van der Waals surface area (Å²) >= 11 is 0. The number of carboxylic acids is 1. The molecule has 0 bridgehead atoms. The van der Waals surface area contributed by atoms with E-state index in [1.54, 1.807) is 26.2 Å². The Morgan fingerprint density at radius 1 is 1.50 bits per heavy atom. The summed E-state index contributed by atoms with van der Waals surface area (Å²) in [5.74, 6) is -0.542. The number of aromatic amines is 1. The Morgan fingerprint density at radius 2 is 2.22 bits per heavy atom. The highest BCUT2D eigenvalue weighted by Gasteiger charge is 2.40. The van der Waals surface area contributed by atoms with Crippen LogP contribution in [0.3, 0.4) is 0 Å². The summed E-state index contributed by atoms with van der Waals surface area (Å²) in [4.78, 5) is 11.6. The molecular weight excluding hydrogens is 236 g/mol. The number of rotatable bonds is 5. The maximum Gasteiger partial charge on any atom is 0.331 e. The largest absolute Gasteiger partial charge is 0.479 e. The Labute approximate surface area is 103 Å². The van der Waals surface area contributed by atoms with E-state index in [2.05, 4.69) is 25.7 Å². The highest BCUT2D eigenvalue weighted by atomic mass is 16.4. The summed E-state index contributed by atoms with van der Waals surface area (Å²) in [6, 6.07) is 0. The van der Waals surface area contributed by atoms with Gasteiger partial charge in [0.05, 0.1) is 11.8 Å². The molecule has 8 heteroatoms. The monoisotopic (exact) mass is 250 g/mol. The zero-order chi connectivity index (χ0) is 13.2. The van der Waals surface area contributed by atoms with Crippen LogP contribution in [0.4, 0.5) is 0 Å². The lowest BCUT2D eigenvalue weighted by Gasteiger charge is -2.27. The van der Waals surface area contributed by atoms with E-state index in [0.29, 0.717) is 24.2 Å². The van der Waals surface area contributed by atoms with Gasteiger partial charge in [0.2, 0.25) is 0 Å². The Hall–Kier alpha value is -2.25. The van der Waals surface area contributed by atoms with E-state index < -0.39 is 11.5 Å². The predicted molar refractivity (Wildman–Crippen MR) is 61.6 cm³/mol. The zero-order valence-corrected chi connectivity index (χ0v) is 10.2. The van der Waals surface area contributed by atoms with Crippen molar-refractivity contribution in [1.82, 2.24) is 30.4 Å². The minimum Gasteiger partial charge on any atom is -0.479 e. The van der Waals surface area contributed by atoms with Gasteiger partial charge in [0, 0.05) is 6.20 Å². The summed E-state index contributed by atoms with van der Waals surface area (Å²) in [5, 5.41) is 27.3. The molecule has 2 aromatic heterocycles. The van der Waals surface area contributed by atoms with Gasteiger partial charge in [-0.05, 0) is 23.3 Å². The zero-order valence-electron chi connectivity index (χ0n) is 10.2. The fraction of sp³-hybridized carbons (Fsp3) is 0.500. The minimum atomic E-state index is -1.13. The van der Waals surface area contributed by atoms with Crippen molar-refractivity contribution in [2.75, 3.05) is 0 Å². The first-order valence-electron chi connectivity index (χ1n) is 5.67. The molecule has 0 aromatic carbocycles. The number of hydrogen-bond donors (Lipinski definition) is 2. The number of aliphatic carboxylic acids is 1. The van der Waals surface area contributed by atoms with Gasteiger partial charge in [-0.3, -0.25) is 5.10 Å². The minimum absolute atomic E-state index is 0.398. The average Bonchev–Trinajstić information content (AvgIpc) is 3.01. The van der Waals surface area contributed by atoms with Crippen molar-refractivity contribution in [2.24, 2.45) is 0 Å². The van der Waals surface area contributed by atoms with Crippen molar-refractivity contribution in [1.29, 1.82) is 0 Å². The molecule has 0 atom stereocenters. The molecule has 0 saturated carbocycles. The predicted octanol–water partition coefficient (Wildman–Crippen LogP) is 0.663. The SMILES string of the molecule is CCC(CC)(C(=O)O)n1nnnc1-c1cn[nH]c1.